The van der Waals surface area contributed by atoms with Gasteiger partial charge in [0.05, 0.1) is 13.2 Å². The second-order valence-corrected chi connectivity index (χ2v) is 1.97. The Balaban J connectivity index is 2.52. The Morgan fingerprint density at radius 1 is 1.78 bits per heavy atom. The number of ether oxygens (including phenoxy) is 1. The number of hydrogen-bond donors (Lipinski definition) is 1. The van der Waals surface area contributed by atoms with Crippen LogP contribution in [-0.4, -0.2) is 18.3 Å². The van der Waals surface area contributed by atoms with E-state index in [1.54, 1.807) is 19.3 Å². The highest BCUT2D eigenvalue weighted by Gasteiger charge is 2.02. The summed E-state index contributed by atoms with van der Waals surface area (Å²) in [6.45, 7) is 0. The zero-order valence-electron chi connectivity index (χ0n) is 5.37. The van der Waals surface area contributed by atoms with Crippen molar-refractivity contribution >= 4 is 0 Å². The van der Waals surface area contributed by atoms with Crippen molar-refractivity contribution in [3.63, 3.8) is 0 Å². The molecule has 9 heavy (non-hydrogen) atoms. The highest BCUT2D eigenvalue weighted by atomic mass is 16.5. The van der Waals surface area contributed by atoms with Crippen LogP contribution in [0.2, 0.25) is 0 Å². The molecule has 0 aromatic carbocycles. The molecule has 50 valence electrons. The molecule has 0 bridgehead atoms. The van der Waals surface area contributed by atoms with E-state index in [0.29, 0.717) is 6.42 Å². The Hall–Kier alpha value is -0.760. The van der Waals surface area contributed by atoms with Crippen LogP contribution in [0.5, 0.6) is 0 Å². The smallest absolute Gasteiger partial charge is 0.114 e. The van der Waals surface area contributed by atoms with Gasteiger partial charge in [-0.15, -0.1) is 0 Å². The van der Waals surface area contributed by atoms with Crippen molar-refractivity contribution in [2.24, 2.45) is 0 Å². The molecule has 2 heteroatoms. The monoisotopic (exact) mass is 126 g/mol. The summed E-state index contributed by atoms with van der Waals surface area (Å²) in [7, 11) is 1.62. The van der Waals surface area contributed by atoms with Gasteiger partial charge in [0.25, 0.3) is 0 Å². The third-order valence-corrected chi connectivity index (χ3v) is 1.28. The Kier molecular flexibility index (Phi) is 1.90. The molecule has 0 heterocycles. The standard InChI is InChI=1S/C7H10O2/c1-9-7-4-2-6(8)3-5-7/h2,4-6,8H,3H2,1H3. The van der Waals surface area contributed by atoms with E-state index < -0.39 is 0 Å². The lowest BCUT2D eigenvalue weighted by Gasteiger charge is -2.08. The molecule has 0 aromatic rings. The Labute approximate surface area is 54.5 Å². The molecule has 1 N–H and O–H groups in total. The maximum absolute atomic E-state index is 8.94. The van der Waals surface area contributed by atoms with E-state index in [1.165, 1.54) is 0 Å². The molecule has 0 fully saturated rings. The van der Waals surface area contributed by atoms with Gasteiger partial charge in [-0.2, -0.15) is 0 Å². The predicted octanol–water partition coefficient (Wildman–Crippen LogP) is 0.837. The van der Waals surface area contributed by atoms with Crippen molar-refractivity contribution < 1.29 is 9.84 Å². The first-order valence-electron chi connectivity index (χ1n) is 2.93. The lowest BCUT2D eigenvalue weighted by atomic mass is 10.1. The number of allylic oxidation sites excluding steroid dienone is 1. The summed E-state index contributed by atoms with van der Waals surface area (Å²) in [5.74, 6) is 0.834. The molecule has 0 amide bonds. The molecule has 0 aliphatic heterocycles. The first-order chi connectivity index (χ1) is 4.33. The predicted molar refractivity (Wildman–Crippen MR) is 34.9 cm³/mol. The molecule has 0 saturated carbocycles. The van der Waals surface area contributed by atoms with Gasteiger partial charge in [0.15, 0.2) is 0 Å². The van der Waals surface area contributed by atoms with Crippen LogP contribution in [0.4, 0.5) is 0 Å². The lowest BCUT2D eigenvalue weighted by Crippen LogP contribution is -2.04. The average molecular weight is 126 g/mol. The Morgan fingerprint density at radius 3 is 3.00 bits per heavy atom. The van der Waals surface area contributed by atoms with Gasteiger partial charge in [-0.05, 0) is 18.6 Å². The first-order valence-corrected chi connectivity index (χ1v) is 2.93. The zero-order valence-corrected chi connectivity index (χ0v) is 5.37. The third kappa shape index (κ3) is 1.57. The SMILES string of the molecule is COC1=CCC(O)C=C1. The summed E-state index contributed by atoms with van der Waals surface area (Å²) in [5.41, 5.74) is 0. The van der Waals surface area contributed by atoms with Crippen molar-refractivity contribution in [1.82, 2.24) is 0 Å². The topological polar surface area (TPSA) is 29.5 Å². The van der Waals surface area contributed by atoms with E-state index in [0.717, 1.165) is 5.76 Å². The van der Waals surface area contributed by atoms with Crippen LogP contribution in [0.25, 0.3) is 0 Å². The van der Waals surface area contributed by atoms with Crippen LogP contribution in [0.3, 0.4) is 0 Å². The van der Waals surface area contributed by atoms with E-state index in [9.17, 15) is 0 Å². The van der Waals surface area contributed by atoms with E-state index in [4.69, 9.17) is 9.84 Å². The summed E-state index contributed by atoms with van der Waals surface area (Å²) in [6, 6.07) is 0. The number of hydrogen-bond acceptors (Lipinski definition) is 2. The summed E-state index contributed by atoms with van der Waals surface area (Å²) < 4.78 is 4.90. The van der Waals surface area contributed by atoms with E-state index in [2.05, 4.69) is 0 Å². The number of rotatable bonds is 1. The van der Waals surface area contributed by atoms with E-state index >= 15 is 0 Å². The van der Waals surface area contributed by atoms with Crippen molar-refractivity contribution in [2.45, 2.75) is 12.5 Å². The van der Waals surface area contributed by atoms with Crippen LogP contribution < -0.4 is 0 Å². The fourth-order valence-corrected chi connectivity index (χ4v) is 0.741. The highest BCUT2D eigenvalue weighted by Crippen LogP contribution is 2.09. The second kappa shape index (κ2) is 2.69. The maximum Gasteiger partial charge on any atom is 0.114 e. The van der Waals surface area contributed by atoms with Crippen molar-refractivity contribution in [3.05, 3.63) is 24.0 Å². The lowest BCUT2D eigenvalue weighted by molar-refractivity contribution is 0.217. The van der Waals surface area contributed by atoms with Gasteiger partial charge in [0.1, 0.15) is 5.76 Å². The average Bonchev–Trinajstić information content (AvgIpc) is 1.90. The van der Waals surface area contributed by atoms with Gasteiger partial charge in [-0.1, -0.05) is 6.08 Å². The molecule has 1 rings (SSSR count). The molecule has 1 atom stereocenters. The summed E-state index contributed by atoms with van der Waals surface area (Å²) in [6.07, 6.45) is 5.71. The minimum absolute atomic E-state index is 0.316. The zero-order chi connectivity index (χ0) is 6.69. The summed E-state index contributed by atoms with van der Waals surface area (Å²) >= 11 is 0. The first kappa shape index (κ1) is 6.36. The Morgan fingerprint density at radius 2 is 2.56 bits per heavy atom. The van der Waals surface area contributed by atoms with Crippen LogP contribution >= 0.6 is 0 Å². The van der Waals surface area contributed by atoms with Gasteiger partial charge in [-0.25, -0.2) is 0 Å². The third-order valence-electron chi connectivity index (χ3n) is 1.28. The number of methoxy groups -OCH3 is 1. The van der Waals surface area contributed by atoms with Crippen LogP contribution in [0.1, 0.15) is 6.42 Å². The van der Waals surface area contributed by atoms with Gasteiger partial charge >= 0.3 is 0 Å². The fraction of sp³-hybridized carbons (Fsp3) is 0.429. The number of aliphatic hydroxyl groups excluding tert-OH is 1. The minimum Gasteiger partial charge on any atom is -0.497 e. The number of aliphatic hydroxyl groups is 1. The molecule has 1 aliphatic rings. The van der Waals surface area contributed by atoms with Crippen molar-refractivity contribution in [3.8, 4) is 0 Å². The van der Waals surface area contributed by atoms with Crippen LogP contribution in [-0.2, 0) is 4.74 Å². The van der Waals surface area contributed by atoms with Gasteiger partial charge in [0, 0.05) is 0 Å². The second-order valence-electron chi connectivity index (χ2n) is 1.97. The normalized spacial score (nSPS) is 25.6. The summed E-state index contributed by atoms with van der Waals surface area (Å²) in [4.78, 5) is 0. The van der Waals surface area contributed by atoms with E-state index in [-0.39, 0.29) is 6.10 Å². The molecular formula is C7H10O2. The van der Waals surface area contributed by atoms with Gasteiger partial charge < -0.3 is 9.84 Å². The van der Waals surface area contributed by atoms with Crippen molar-refractivity contribution in [2.75, 3.05) is 7.11 Å². The molecule has 0 saturated heterocycles. The van der Waals surface area contributed by atoms with E-state index in [1.807, 2.05) is 6.08 Å². The summed E-state index contributed by atoms with van der Waals surface area (Å²) in [5, 5.41) is 8.94. The molecule has 0 spiro atoms. The molecule has 0 aromatic heterocycles. The molecule has 1 unspecified atom stereocenters. The molecule has 1 aliphatic carbocycles. The highest BCUT2D eigenvalue weighted by molar-refractivity contribution is 5.18. The largest absolute Gasteiger partial charge is 0.497 e. The quantitative estimate of drug-likeness (QED) is 0.564. The minimum atomic E-state index is -0.316. The maximum atomic E-state index is 8.94. The fourth-order valence-electron chi connectivity index (χ4n) is 0.741. The molecule has 2 nitrogen and oxygen atoms in total. The van der Waals surface area contributed by atoms with Gasteiger partial charge in [0.2, 0.25) is 0 Å². The Bertz CT molecular complexity index is 147. The molecular weight excluding hydrogens is 116 g/mol. The molecule has 0 radical (unpaired) electrons. The van der Waals surface area contributed by atoms with Gasteiger partial charge in [-0.3, -0.25) is 0 Å². The van der Waals surface area contributed by atoms with Crippen LogP contribution in [0.15, 0.2) is 24.0 Å². The van der Waals surface area contributed by atoms with Crippen molar-refractivity contribution in [1.29, 1.82) is 0 Å². The van der Waals surface area contributed by atoms with Crippen LogP contribution in [0, 0.1) is 0 Å².